The highest BCUT2D eigenvalue weighted by molar-refractivity contribution is 7.89. The van der Waals surface area contributed by atoms with Crippen LogP contribution >= 0.6 is 0 Å². The number of ether oxygens (including phenoxy) is 2. The normalized spacial score (nSPS) is 15.1. The van der Waals surface area contributed by atoms with E-state index in [1.807, 2.05) is 18.2 Å². The highest BCUT2D eigenvalue weighted by Gasteiger charge is 2.33. The molecule has 0 unspecified atom stereocenters. The lowest BCUT2D eigenvalue weighted by Gasteiger charge is -2.30. The topological polar surface area (TPSA) is 119 Å². The van der Waals surface area contributed by atoms with E-state index in [9.17, 15) is 22.8 Å². The number of nitrogens with one attached hydrogen (secondary N) is 1. The first kappa shape index (κ1) is 23.4. The van der Waals surface area contributed by atoms with Crippen LogP contribution in [0.1, 0.15) is 33.6 Å². The second-order valence-corrected chi connectivity index (χ2v) is 9.20. The number of methoxy groups -OCH3 is 2. The van der Waals surface area contributed by atoms with Gasteiger partial charge in [0.15, 0.2) is 0 Å². The Kier molecular flexibility index (Phi) is 7.26. The fraction of sp³-hybridized carbons (Fsp3) is 0.318. The van der Waals surface area contributed by atoms with E-state index in [1.165, 1.54) is 22.5 Å². The van der Waals surface area contributed by atoms with Crippen molar-refractivity contribution in [1.29, 1.82) is 0 Å². The maximum absolute atomic E-state index is 13.2. The van der Waals surface area contributed by atoms with Gasteiger partial charge in [-0.2, -0.15) is 4.31 Å². The molecule has 170 valence electrons. The molecule has 10 heteroatoms. The number of sulfonamides is 1. The van der Waals surface area contributed by atoms with Crippen LogP contribution in [0.3, 0.4) is 0 Å². The molecule has 1 amide bonds. The molecule has 1 heterocycles. The van der Waals surface area contributed by atoms with Gasteiger partial charge in [-0.25, -0.2) is 18.0 Å². The number of piperidine rings is 1. The van der Waals surface area contributed by atoms with Crippen LogP contribution in [-0.4, -0.2) is 57.9 Å². The summed E-state index contributed by atoms with van der Waals surface area (Å²) in [6.07, 6.45) is 0.691. The number of esters is 2. The van der Waals surface area contributed by atoms with Gasteiger partial charge in [0.2, 0.25) is 15.9 Å². The van der Waals surface area contributed by atoms with Gasteiger partial charge in [0.25, 0.3) is 0 Å². The monoisotopic (exact) mass is 460 g/mol. The fourth-order valence-corrected chi connectivity index (χ4v) is 5.03. The molecule has 1 saturated heterocycles. The van der Waals surface area contributed by atoms with E-state index in [2.05, 4.69) is 14.8 Å². The number of carbonyl (C=O) groups is 3. The van der Waals surface area contributed by atoms with Crippen LogP contribution in [0.5, 0.6) is 0 Å². The largest absolute Gasteiger partial charge is 0.465 e. The van der Waals surface area contributed by atoms with Crippen molar-refractivity contribution in [2.75, 3.05) is 32.6 Å². The quantitative estimate of drug-likeness (QED) is 0.657. The Hall–Kier alpha value is -3.24. The summed E-state index contributed by atoms with van der Waals surface area (Å²) in [5.41, 5.74) is 0.528. The standard InChI is InChI=1S/C22H24N2O7S/c1-30-21(26)16-12-17(22(27)31-2)14-19(13-16)32(28,29)24-10-8-15(9-11-24)20(25)23-18-6-4-3-5-7-18/h3-7,12-15H,8-11H2,1-2H3,(H,23,25). The van der Waals surface area contributed by atoms with Crippen LogP contribution in [0, 0.1) is 5.92 Å². The molecule has 0 spiro atoms. The van der Waals surface area contributed by atoms with E-state index in [4.69, 9.17) is 0 Å². The number of rotatable bonds is 6. The third-order valence-electron chi connectivity index (χ3n) is 5.25. The Bertz CT molecular complexity index is 1070. The van der Waals surface area contributed by atoms with Crippen molar-refractivity contribution in [2.24, 2.45) is 5.92 Å². The lowest BCUT2D eigenvalue weighted by molar-refractivity contribution is -0.120. The molecular weight excluding hydrogens is 436 g/mol. The molecule has 0 saturated carbocycles. The minimum Gasteiger partial charge on any atom is -0.465 e. The molecule has 1 aliphatic heterocycles. The average Bonchev–Trinajstić information content (AvgIpc) is 2.83. The van der Waals surface area contributed by atoms with E-state index in [0.29, 0.717) is 18.5 Å². The van der Waals surface area contributed by atoms with Gasteiger partial charge in [-0.05, 0) is 43.2 Å². The zero-order valence-electron chi connectivity index (χ0n) is 17.7. The summed E-state index contributed by atoms with van der Waals surface area (Å²) in [4.78, 5) is 36.2. The molecule has 2 aromatic rings. The van der Waals surface area contributed by atoms with Gasteiger partial charge in [0.05, 0.1) is 30.2 Å². The number of carbonyl (C=O) groups excluding carboxylic acids is 3. The van der Waals surface area contributed by atoms with Crippen LogP contribution < -0.4 is 5.32 Å². The second-order valence-electron chi connectivity index (χ2n) is 7.26. The highest BCUT2D eigenvalue weighted by Crippen LogP contribution is 2.26. The Morgan fingerprint density at radius 1 is 0.906 bits per heavy atom. The number of anilines is 1. The van der Waals surface area contributed by atoms with E-state index in [-0.39, 0.29) is 40.9 Å². The highest BCUT2D eigenvalue weighted by atomic mass is 32.2. The number of nitrogens with zero attached hydrogens (tertiary/aromatic N) is 1. The molecule has 3 rings (SSSR count). The van der Waals surface area contributed by atoms with Gasteiger partial charge < -0.3 is 14.8 Å². The predicted molar refractivity (Wildman–Crippen MR) is 116 cm³/mol. The SMILES string of the molecule is COC(=O)c1cc(C(=O)OC)cc(S(=O)(=O)N2CCC(C(=O)Nc3ccccc3)CC2)c1. The Labute approximate surface area is 186 Å². The van der Waals surface area contributed by atoms with E-state index in [0.717, 1.165) is 14.2 Å². The predicted octanol–water partition coefficient (Wildman–Crippen LogP) is 2.30. The van der Waals surface area contributed by atoms with Crippen LogP contribution in [0.2, 0.25) is 0 Å². The van der Waals surface area contributed by atoms with E-state index in [1.54, 1.807) is 12.1 Å². The summed E-state index contributed by atoms with van der Waals surface area (Å²) in [6, 6.07) is 12.6. The summed E-state index contributed by atoms with van der Waals surface area (Å²) >= 11 is 0. The molecule has 1 fully saturated rings. The maximum atomic E-state index is 13.2. The van der Waals surface area contributed by atoms with Crippen LogP contribution in [0.15, 0.2) is 53.4 Å². The van der Waals surface area contributed by atoms with Crippen molar-refractivity contribution in [1.82, 2.24) is 4.31 Å². The average molecular weight is 461 g/mol. The van der Waals surface area contributed by atoms with Crippen molar-refractivity contribution in [2.45, 2.75) is 17.7 Å². The summed E-state index contributed by atoms with van der Waals surface area (Å²) in [5, 5.41) is 2.84. The van der Waals surface area contributed by atoms with Crippen molar-refractivity contribution in [3.63, 3.8) is 0 Å². The third-order valence-corrected chi connectivity index (χ3v) is 7.13. The van der Waals surface area contributed by atoms with Gasteiger partial charge in [0.1, 0.15) is 0 Å². The molecule has 0 bridgehead atoms. The van der Waals surface area contributed by atoms with Crippen molar-refractivity contribution in [3.8, 4) is 0 Å². The van der Waals surface area contributed by atoms with E-state index < -0.39 is 22.0 Å². The molecule has 9 nitrogen and oxygen atoms in total. The first-order valence-electron chi connectivity index (χ1n) is 9.94. The third kappa shape index (κ3) is 5.14. The van der Waals surface area contributed by atoms with Gasteiger partial charge in [-0.15, -0.1) is 0 Å². The molecule has 0 aliphatic carbocycles. The van der Waals surface area contributed by atoms with Crippen molar-refractivity contribution in [3.05, 3.63) is 59.7 Å². The minimum atomic E-state index is -4.01. The van der Waals surface area contributed by atoms with Gasteiger partial charge in [0, 0.05) is 24.7 Å². The fourth-order valence-electron chi connectivity index (χ4n) is 3.49. The number of hydrogen-bond donors (Lipinski definition) is 1. The lowest BCUT2D eigenvalue weighted by Crippen LogP contribution is -2.41. The van der Waals surface area contributed by atoms with Crippen LogP contribution in [0.4, 0.5) is 5.69 Å². The van der Waals surface area contributed by atoms with Crippen LogP contribution in [-0.2, 0) is 24.3 Å². The Morgan fingerprint density at radius 3 is 1.94 bits per heavy atom. The number of hydrogen-bond acceptors (Lipinski definition) is 7. The molecule has 1 aliphatic rings. The molecule has 0 aromatic heterocycles. The number of amides is 1. The first-order valence-corrected chi connectivity index (χ1v) is 11.4. The van der Waals surface area contributed by atoms with Gasteiger partial charge in [-0.3, -0.25) is 4.79 Å². The van der Waals surface area contributed by atoms with E-state index >= 15 is 0 Å². The zero-order valence-corrected chi connectivity index (χ0v) is 18.6. The molecule has 2 aromatic carbocycles. The summed E-state index contributed by atoms with van der Waals surface area (Å²) in [5.74, 6) is -2.03. The molecule has 1 N–H and O–H groups in total. The Balaban J connectivity index is 1.77. The Morgan fingerprint density at radius 2 is 1.44 bits per heavy atom. The molecule has 32 heavy (non-hydrogen) atoms. The minimum absolute atomic E-state index is 0.0777. The smallest absolute Gasteiger partial charge is 0.337 e. The number of para-hydroxylation sites is 1. The summed E-state index contributed by atoms with van der Waals surface area (Å²) < 4.78 is 37.0. The van der Waals surface area contributed by atoms with Crippen molar-refractivity contribution >= 4 is 33.6 Å². The van der Waals surface area contributed by atoms with Gasteiger partial charge >= 0.3 is 11.9 Å². The summed E-state index contributed by atoms with van der Waals surface area (Å²) in [6.45, 7) is 0.260. The number of benzene rings is 2. The maximum Gasteiger partial charge on any atom is 0.337 e. The molecule has 0 atom stereocenters. The molecular formula is C22H24N2O7S. The van der Waals surface area contributed by atoms with Crippen LogP contribution in [0.25, 0.3) is 0 Å². The second kappa shape index (κ2) is 9.92. The summed E-state index contributed by atoms with van der Waals surface area (Å²) in [7, 11) is -1.69. The first-order chi connectivity index (χ1) is 15.3. The van der Waals surface area contributed by atoms with Gasteiger partial charge in [-0.1, -0.05) is 18.2 Å². The molecule has 0 radical (unpaired) electrons. The zero-order chi connectivity index (χ0) is 23.3. The van der Waals surface area contributed by atoms with Crippen molar-refractivity contribution < 1.29 is 32.3 Å². The lowest BCUT2D eigenvalue weighted by atomic mass is 9.97.